The molecule has 0 radical (unpaired) electrons. The van der Waals surface area contributed by atoms with Gasteiger partial charge in [-0.05, 0) is 19.3 Å². The molecule has 0 rings (SSSR count). The molecule has 0 aliphatic carbocycles. The van der Waals surface area contributed by atoms with E-state index in [1.54, 1.807) is 0 Å². The number of hydrogen-bond acceptors (Lipinski definition) is 2. The van der Waals surface area contributed by atoms with Crippen LogP contribution in [-0.2, 0) is 4.79 Å². The van der Waals surface area contributed by atoms with E-state index in [9.17, 15) is 9.90 Å². The number of carboxylic acid groups (broad SMARTS) is 1. The zero-order valence-corrected chi connectivity index (χ0v) is 11.9. The number of rotatable bonds is 10. The molecular formula is C14H28NO3+. The molecule has 0 fully saturated rings. The molecule has 0 aromatic rings. The molecule has 18 heavy (non-hydrogen) atoms. The van der Waals surface area contributed by atoms with Crippen molar-refractivity contribution in [1.82, 2.24) is 0 Å². The summed E-state index contributed by atoms with van der Waals surface area (Å²) in [5.74, 6) is -0.790. The van der Waals surface area contributed by atoms with Crippen molar-refractivity contribution in [1.29, 1.82) is 0 Å². The number of carbonyl (C=O) groups is 1. The molecule has 4 nitrogen and oxygen atoms in total. The molecule has 0 aromatic carbocycles. The minimum atomic E-state index is -0.790. The quantitative estimate of drug-likeness (QED) is 0.358. The number of likely N-dealkylation sites (N-methyl/N-ethyl adjacent to an activating group) is 1. The van der Waals surface area contributed by atoms with Crippen LogP contribution in [0.1, 0.15) is 39.0 Å². The van der Waals surface area contributed by atoms with Crippen molar-refractivity contribution < 1.29 is 19.5 Å². The smallest absolute Gasteiger partial charge is 0.362 e. The molecule has 0 spiro atoms. The molecule has 106 valence electrons. The summed E-state index contributed by atoms with van der Waals surface area (Å²) in [5.41, 5.74) is 0. The van der Waals surface area contributed by atoms with E-state index in [2.05, 4.69) is 6.58 Å². The van der Waals surface area contributed by atoms with Crippen LogP contribution in [0.5, 0.6) is 0 Å². The van der Waals surface area contributed by atoms with Gasteiger partial charge in [0.15, 0.2) is 6.04 Å². The largest absolute Gasteiger partial charge is 0.477 e. The van der Waals surface area contributed by atoms with E-state index in [-0.39, 0.29) is 0 Å². The Bertz CT molecular complexity index is 264. The summed E-state index contributed by atoms with van der Waals surface area (Å²) in [6, 6.07) is -0.451. The van der Waals surface area contributed by atoms with Crippen LogP contribution in [0.3, 0.4) is 0 Å². The zero-order valence-electron chi connectivity index (χ0n) is 11.9. The summed E-state index contributed by atoms with van der Waals surface area (Å²) in [7, 11) is 3.74. The minimum Gasteiger partial charge on any atom is -0.477 e. The number of allylic oxidation sites excluding steroid dienone is 1. The van der Waals surface area contributed by atoms with Gasteiger partial charge in [0, 0.05) is 6.42 Å². The fourth-order valence-electron chi connectivity index (χ4n) is 2.40. The summed E-state index contributed by atoms with van der Waals surface area (Å²) in [5, 5.41) is 19.1. The van der Waals surface area contributed by atoms with Crippen LogP contribution in [0, 0.1) is 0 Å². The second kappa shape index (κ2) is 8.27. The topological polar surface area (TPSA) is 57.5 Å². The highest BCUT2D eigenvalue weighted by Crippen LogP contribution is 2.14. The van der Waals surface area contributed by atoms with Crippen molar-refractivity contribution >= 4 is 5.97 Å². The predicted octanol–water partition coefficient (Wildman–Crippen LogP) is 2.03. The standard InChI is InChI=1S/C14H27NO3/c1-5-7-8-9-10-12(16)11-15(3,4)13(6-2)14(17)18/h5,12-13,16H,1,6-11H2,2-4H3/p+1. The molecule has 0 aromatic heterocycles. The van der Waals surface area contributed by atoms with Crippen LogP contribution in [0.4, 0.5) is 0 Å². The molecule has 0 aliphatic rings. The average molecular weight is 258 g/mol. The lowest BCUT2D eigenvalue weighted by Crippen LogP contribution is -2.55. The first-order chi connectivity index (χ1) is 8.35. The van der Waals surface area contributed by atoms with Crippen LogP contribution in [0.2, 0.25) is 0 Å². The van der Waals surface area contributed by atoms with Crippen LogP contribution in [-0.4, -0.2) is 53.5 Å². The van der Waals surface area contributed by atoms with Gasteiger partial charge in [0.25, 0.3) is 0 Å². The van der Waals surface area contributed by atoms with E-state index >= 15 is 0 Å². The first-order valence-electron chi connectivity index (χ1n) is 6.69. The summed E-state index contributed by atoms with van der Waals surface area (Å²) in [4.78, 5) is 11.1. The third-order valence-corrected chi connectivity index (χ3v) is 3.39. The first-order valence-corrected chi connectivity index (χ1v) is 6.69. The van der Waals surface area contributed by atoms with Crippen molar-refractivity contribution in [3.63, 3.8) is 0 Å². The number of nitrogens with zero attached hydrogens (tertiary/aromatic N) is 1. The summed E-state index contributed by atoms with van der Waals surface area (Å²) < 4.78 is 0.328. The van der Waals surface area contributed by atoms with E-state index in [1.165, 1.54) is 0 Å². The number of quaternary nitrogens is 1. The third kappa shape index (κ3) is 6.17. The second-order valence-corrected chi connectivity index (χ2v) is 5.45. The second-order valence-electron chi connectivity index (χ2n) is 5.45. The van der Waals surface area contributed by atoms with Gasteiger partial charge >= 0.3 is 5.97 Å². The van der Waals surface area contributed by atoms with Crippen LogP contribution < -0.4 is 0 Å². The maximum Gasteiger partial charge on any atom is 0.362 e. The van der Waals surface area contributed by atoms with E-state index in [1.807, 2.05) is 27.1 Å². The molecule has 0 saturated heterocycles. The Morgan fingerprint density at radius 1 is 1.39 bits per heavy atom. The molecule has 0 aliphatic heterocycles. The van der Waals surface area contributed by atoms with E-state index in [4.69, 9.17) is 5.11 Å². The average Bonchev–Trinajstić information content (AvgIpc) is 2.23. The maximum atomic E-state index is 11.1. The lowest BCUT2D eigenvalue weighted by Gasteiger charge is -2.36. The van der Waals surface area contributed by atoms with Gasteiger partial charge in [-0.25, -0.2) is 4.79 Å². The number of aliphatic hydroxyl groups is 1. The van der Waals surface area contributed by atoms with Gasteiger partial charge in [-0.1, -0.05) is 19.4 Å². The van der Waals surface area contributed by atoms with Gasteiger partial charge in [-0.15, -0.1) is 6.58 Å². The van der Waals surface area contributed by atoms with Crippen LogP contribution in [0.15, 0.2) is 12.7 Å². The van der Waals surface area contributed by atoms with Crippen molar-refractivity contribution in [3.05, 3.63) is 12.7 Å². The highest BCUT2D eigenvalue weighted by Gasteiger charge is 2.34. The monoisotopic (exact) mass is 258 g/mol. The molecule has 0 heterocycles. The summed E-state index contributed by atoms with van der Waals surface area (Å²) in [6.45, 7) is 6.01. The van der Waals surface area contributed by atoms with Crippen molar-refractivity contribution in [2.75, 3.05) is 20.6 Å². The van der Waals surface area contributed by atoms with Gasteiger partial charge in [0.1, 0.15) is 12.6 Å². The van der Waals surface area contributed by atoms with Crippen molar-refractivity contribution in [2.24, 2.45) is 0 Å². The number of unbranched alkanes of at least 4 members (excludes halogenated alkanes) is 2. The highest BCUT2D eigenvalue weighted by atomic mass is 16.4. The van der Waals surface area contributed by atoms with E-state index < -0.39 is 18.1 Å². The number of aliphatic carboxylic acids is 1. The Balaban J connectivity index is 4.20. The lowest BCUT2D eigenvalue weighted by atomic mass is 10.1. The maximum absolute atomic E-state index is 11.1. The summed E-state index contributed by atoms with van der Waals surface area (Å²) in [6.07, 6.45) is 5.71. The molecule has 0 bridgehead atoms. The van der Waals surface area contributed by atoms with E-state index in [0.717, 1.165) is 25.7 Å². The molecule has 0 amide bonds. The Kier molecular flexibility index (Phi) is 7.87. The van der Waals surface area contributed by atoms with Gasteiger partial charge in [0.2, 0.25) is 0 Å². The molecule has 2 atom stereocenters. The molecule has 2 N–H and O–H groups in total. The lowest BCUT2D eigenvalue weighted by molar-refractivity contribution is -0.909. The first kappa shape index (κ1) is 17.1. The van der Waals surface area contributed by atoms with Gasteiger partial charge in [-0.2, -0.15) is 0 Å². The third-order valence-electron chi connectivity index (χ3n) is 3.39. The van der Waals surface area contributed by atoms with Crippen LogP contribution in [0.25, 0.3) is 0 Å². The molecule has 4 heteroatoms. The molecular weight excluding hydrogens is 230 g/mol. The minimum absolute atomic E-state index is 0.328. The number of aliphatic hydroxyl groups excluding tert-OH is 1. The Labute approximate surface area is 111 Å². The number of hydrogen-bond donors (Lipinski definition) is 2. The zero-order chi connectivity index (χ0) is 14.2. The SMILES string of the molecule is C=CCCCCC(O)C[N+](C)(C)C(CC)C(=O)O. The number of carboxylic acids is 1. The van der Waals surface area contributed by atoms with E-state index in [0.29, 0.717) is 17.4 Å². The van der Waals surface area contributed by atoms with Gasteiger partial charge in [-0.3, -0.25) is 0 Å². The normalized spacial score (nSPS) is 15.1. The Morgan fingerprint density at radius 3 is 2.44 bits per heavy atom. The van der Waals surface area contributed by atoms with Crippen molar-refractivity contribution in [3.8, 4) is 0 Å². The highest BCUT2D eigenvalue weighted by molar-refractivity contribution is 5.72. The predicted molar refractivity (Wildman–Crippen MR) is 73.4 cm³/mol. The fourth-order valence-corrected chi connectivity index (χ4v) is 2.40. The molecule has 2 unspecified atom stereocenters. The van der Waals surface area contributed by atoms with Gasteiger partial charge < -0.3 is 14.7 Å². The molecule has 0 saturated carbocycles. The van der Waals surface area contributed by atoms with Crippen molar-refractivity contribution in [2.45, 2.75) is 51.2 Å². The Hall–Kier alpha value is -0.870. The van der Waals surface area contributed by atoms with Crippen LogP contribution >= 0.6 is 0 Å². The summed E-state index contributed by atoms with van der Waals surface area (Å²) >= 11 is 0. The van der Waals surface area contributed by atoms with Gasteiger partial charge in [0.05, 0.1) is 14.1 Å². The fraction of sp³-hybridized carbons (Fsp3) is 0.786. The Morgan fingerprint density at radius 2 is 2.00 bits per heavy atom.